The smallest absolute Gasteiger partial charge is 0.231 e. The predicted octanol–water partition coefficient (Wildman–Crippen LogP) is 2.24. The summed E-state index contributed by atoms with van der Waals surface area (Å²) in [5.41, 5.74) is 2.56. The second-order valence-corrected chi connectivity index (χ2v) is 5.03. The Labute approximate surface area is 126 Å². The first kappa shape index (κ1) is 12.7. The molecule has 1 aromatic carbocycles. The fourth-order valence-corrected chi connectivity index (χ4v) is 2.44. The number of amides is 1. The van der Waals surface area contributed by atoms with E-state index in [1.807, 2.05) is 42.6 Å². The molecule has 0 unspecified atom stereocenters. The third-order valence-electron chi connectivity index (χ3n) is 3.49. The van der Waals surface area contributed by atoms with Crippen molar-refractivity contribution in [3.63, 3.8) is 0 Å². The summed E-state index contributed by atoms with van der Waals surface area (Å²) in [5.74, 6) is 1.32. The van der Waals surface area contributed by atoms with E-state index in [1.54, 1.807) is 10.7 Å². The van der Waals surface area contributed by atoms with Gasteiger partial charge in [0, 0.05) is 18.1 Å². The Morgan fingerprint density at radius 2 is 2.09 bits per heavy atom. The molecule has 0 aliphatic carbocycles. The molecule has 0 saturated carbocycles. The number of pyridine rings is 1. The van der Waals surface area contributed by atoms with Crippen LogP contribution in [-0.2, 0) is 11.2 Å². The van der Waals surface area contributed by atoms with Crippen molar-refractivity contribution < 1.29 is 14.3 Å². The van der Waals surface area contributed by atoms with Crippen LogP contribution in [0, 0.1) is 0 Å². The zero-order valence-corrected chi connectivity index (χ0v) is 11.7. The normalized spacial score (nSPS) is 12.5. The van der Waals surface area contributed by atoms with E-state index in [2.05, 4.69) is 10.4 Å². The molecular formula is C16H13N3O3. The molecule has 1 amide bonds. The topological polar surface area (TPSA) is 64.9 Å². The van der Waals surface area contributed by atoms with Crippen molar-refractivity contribution in [1.82, 2.24) is 9.61 Å². The lowest BCUT2D eigenvalue weighted by atomic mass is 10.1. The molecule has 0 radical (unpaired) electrons. The van der Waals surface area contributed by atoms with Gasteiger partial charge in [0.05, 0.1) is 11.9 Å². The molecule has 0 spiro atoms. The van der Waals surface area contributed by atoms with Gasteiger partial charge in [0.1, 0.15) is 0 Å². The number of carbonyl (C=O) groups excluding carboxylic acids is 1. The number of benzene rings is 1. The molecule has 6 heteroatoms. The summed E-state index contributed by atoms with van der Waals surface area (Å²) in [5, 5.41) is 7.01. The maximum absolute atomic E-state index is 12.2. The Morgan fingerprint density at radius 1 is 1.18 bits per heavy atom. The third kappa shape index (κ3) is 2.35. The number of aromatic nitrogens is 2. The predicted molar refractivity (Wildman–Crippen MR) is 80.1 cm³/mol. The Balaban J connectivity index is 1.47. The minimum Gasteiger partial charge on any atom is -0.454 e. The number of fused-ring (bicyclic) bond motifs is 2. The van der Waals surface area contributed by atoms with Crippen LogP contribution >= 0.6 is 0 Å². The maximum Gasteiger partial charge on any atom is 0.231 e. The minimum atomic E-state index is -0.0808. The van der Waals surface area contributed by atoms with Crippen molar-refractivity contribution >= 4 is 17.1 Å². The van der Waals surface area contributed by atoms with Crippen LogP contribution in [0.2, 0.25) is 0 Å². The van der Waals surface area contributed by atoms with Gasteiger partial charge in [-0.25, -0.2) is 4.52 Å². The van der Waals surface area contributed by atoms with Gasteiger partial charge in [-0.1, -0.05) is 6.07 Å². The van der Waals surface area contributed by atoms with Crippen LogP contribution in [-0.4, -0.2) is 22.3 Å². The van der Waals surface area contributed by atoms with Gasteiger partial charge in [-0.05, 0) is 35.9 Å². The quantitative estimate of drug-likeness (QED) is 0.805. The van der Waals surface area contributed by atoms with E-state index >= 15 is 0 Å². The van der Waals surface area contributed by atoms with E-state index < -0.39 is 0 Å². The second kappa shape index (κ2) is 5.07. The Hall–Kier alpha value is -3.02. The molecule has 1 aliphatic rings. The Morgan fingerprint density at radius 3 is 3.05 bits per heavy atom. The van der Waals surface area contributed by atoms with E-state index in [9.17, 15) is 4.79 Å². The highest BCUT2D eigenvalue weighted by molar-refractivity contribution is 5.92. The molecule has 110 valence electrons. The molecule has 6 nitrogen and oxygen atoms in total. The largest absolute Gasteiger partial charge is 0.454 e. The fraction of sp³-hybridized carbons (Fsp3) is 0.125. The molecule has 1 N–H and O–H groups in total. The van der Waals surface area contributed by atoms with E-state index in [4.69, 9.17) is 9.47 Å². The average Bonchev–Trinajstić information content (AvgIpc) is 3.14. The highest BCUT2D eigenvalue weighted by atomic mass is 16.7. The summed E-state index contributed by atoms with van der Waals surface area (Å²) in [4.78, 5) is 12.2. The van der Waals surface area contributed by atoms with Gasteiger partial charge in [-0.2, -0.15) is 5.10 Å². The van der Waals surface area contributed by atoms with E-state index in [0.29, 0.717) is 5.75 Å². The molecule has 0 saturated heterocycles. The first-order valence-corrected chi connectivity index (χ1v) is 6.90. The summed E-state index contributed by atoms with van der Waals surface area (Å²) in [6.45, 7) is 0.232. The van der Waals surface area contributed by atoms with Crippen LogP contribution in [0.4, 0.5) is 5.69 Å². The lowest BCUT2D eigenvalue weighted by Gasteiger charge is -2.06. The Kier molecular flexibility index (Phi) is 2.93. The third-order valence-corrected chi connectivity index (χ3v) is 3.49. The lowest BCUT2D eigenvalue weighted by Crippen LogP contribution is -2.14. The van der Waals surface area contributed by atoms with Gasteiger partial charge < -0.3 is 14.8 Å². The molecule has 0 fully saturated rings. The molecule has 3 heterocycles. The number of carbonyl (C=O) groups is 1. The van der Waals surface area contributed by atoms with Gasteiger partial charge >= 0.3 is 0 Å². The highest BCUT2D eigenvalue weighted by Crippen LogP contribution is 2.32. The fourth-order valence-electron chi connectivity index (χ4n) is 2.44. The number of anilines is 1. The number of nitrogens with one attached hydrogen (secondary N) is 1. The van der Waals surface area contributed by atoms with Crippen molar-refractivity contribution in [2.75, 3.05) is 12.1 Å². The van der Waals surface area contributed by atoms with Crippen LogP contribution in [0.15, 0.2) is 48.8 Å². The van der Waals surface area contributed by atoms with Crippen molar-refractivity contribution in [2.24, 2.45) is 0 Å². The Bertz CT molecular complexity index is 857. The van der Waals surface area contributed by atoms with Gasteiger partial charge in [0.15, 0.2) is 11.5 Å². The number of ether oxygens (including phenoxy) is 2. The zero-order valence-electron chi connectivity index (χ0n) is 11.7. The van der Waals surface area contributed by atoms with E-state index in [-0.39, 0.29) is 19.1 Å². The summed E-state index contributed by atoms with van der Waals surface area (Å²) in [7, 11) is 0. The van der Waals surface area contributed by atoms with Crippen LogP contribution in [0.3, 0.4) is 0 Å². The molecule has 3 aromatic rings. The summed E-state index contributed by atoms with van der Waals surface area (Å²) < 4.78 is 12.3. The summed E-state index contributed by atoms with van der Waals surface area (Å²) in [6.07, 6.45) is 3.81. The second-order valence-electron chi connectivity index (χ2n) is 5.03. The maximum atomic E-state index is 12.2. The monoisotopic (exact) mass is 295 g/mol. The van der Waals surface area contributed by atoms with Crippen molar-refractivity contribution in [1.29, 1.82) is 0 Å². The van der Waals surface area contributed by atoms with Crippen LogP contribution in [0.25, 0.3) is 5.52 Å². The molecular weight excluding hydrogens is 282 g/mol. The molecule has 2 aromatic heterocycles. The molecule has 4 rings (SSSR count). The zero-order chi connectivity index (χ0) is 14.9. The number of nitrogens with zero attached hydrogens (tertiary/aromatic N) is 2. The summed E-state index contributed by atoms with van der Waals surface area (Å²) >= 11 is 0. The SMILES string of the molecule is O=C(Cc1ccc2c(c1)OCO2)Nc1ccn2nccc2c1. The van der Waals surface area contributed by atoms with E-state index in [1.165, 1.54) is 0 Å². The van der Waals surface area contributed by atoms with Crippen molar-refractivity contribution in [2.45, 2.75) is 6.42 Å². The van der Waals surface area contributed by atoms with Gasteiger partial charge in [-0.15, -0.1) is 0 Å². The molecule has 0 atom stereocenters. The van der Waals surface area contributed by atoms with Gasteiger partial charge in [0.2, 0.25) is 12.7 Å². The number of hydrogen-bond acceptors (Lipinski definition) is 4. The van der Waals surface area contributed by atoms with Gasteiger partial charge in [-0.3, -0.25) is 4.79 Å². The van der Waals surface area contributed by atoms with Crippen molar-refractivity contribution in [3.05, 3.63) is 54.4 Å². The molecule has 0 bridgehead atoms. The van der Waals surface area contributed by atoms with Crippen LogP contribution in [0.1, 0.15) is 5.56 Å². The van der Waals surface area contributed by atoms with E-state index in [0.717, 1.165) is 22.5 Å². The minimum absolute atomic E-state index is 0.0808. The highest BCUT2D eigenvalue weighted by Gasteiger charge is 2.14. The number of rotatable bonds is 3. The van der Waals surface area contributed by atoms with Gasteiger partial charge in [0.25, 0.3) is 0 Å². The molecule has 1 aliphatic heterocycles. The summed E-state index contributed by atoms with van der Waals surface area (Å²) in [6, 6.07) is 11.1. The lowest BCUT2D eigenvalue weighted by molar-refractivity contribution is -0.115. The number of hydrogen-bond donors (Lipinski definition) is 1. The molecule has 22 heavy (non-hydrogen) atoms. The van der Waals surface area contributed by atoms with Crippen LogP contribution < -0.4 is 14.8 Å². The first-order valence-electron chi connectivity index (χ1n) is 6.90. The van der Waals surface area contributed by atoms with Crippen molar-refractivity contribution in [3.8, 4) is 11.5 Å². The first-order chi connectivity index (χ1) is 10.8. The average molecular weight is 295 g/mol. The van der Waals surface area contributed by atoms with Crippen LogP contribution in [0.5, 0.6) is 11.5 Å². The standard InChI is InChI=1S/C16H13N3O3/c20-16(8-11-1-2-14-15(7-11)22-10-21-14)18-12-4-6-19-13(9-12)3-5-17-19/h1-7,9H,8,10H2,(H,18,20).